The van der Waals surface area contributed by atoms with Crippen LogP contribution in [0, 0.1) is 0 Å². The van der Waals surface area contributed by atoms with E-state index in [-0.39, 0.29) is 18.4 Å². The third-order valence-corrected chi connectivity index (χ3v) is 4.67. The Kier molecular flexibility index (Phi) is 4.57. The van der Waals surface area contributed by atoms with Crippen molar-refractivity contribution in [3.63, 3.8) is 0 Å². The average molecular weight is 376 g/mol. The number of likely N-dealkylation sites (N-methyl/N-ethyl adjacent to an activating group) is 1. The molecule has 3 heterocycles. The van der Waals surface area contributed by atoms with Crippen molar-refractivity contribution >= 4 is 34.6 Å². The van der Waals surface area contributed by atoms with Crippen molar-refractivity contribution in [1.29, 1.82) is 0 Å². The molecule has 7 heteroatoms. The monoisotopic (exact) mass is 376 g/mol. The number of carbonyl (C=O) groups excluding carboxylic acids is 2. The quantitative estimate of drug-likeness (QED) is 0.710. The number of carbonyl (C=O) groups is 2. The van der Waals surface area contributed by atoms with Crippen LogP contribution in [0.4, 0.5) is 5.82 Å². The van der Waals surface area contributed by atoms with Crippen LogP contribution in [0.1, 0.15) is 11.1 Å². The molecular weight excluding hydrogens is 356 g/mol. The minimum atomic E-state index is -0.228. The summed E-state index contributed by atoms with van der Waals surface area (Å²) in [5.74, 6) is 0.555. The van der Waals surface area contributed by atoms with Crippen LogP contribution in [-0.2, 0) is 23.2 Å². The molecular formula is C21H20N4O3. The van der Waals surface area contributed by atoms with Gasteiger partial charge in [-0.3, -0.25) is 9.59 Å². The number of para-hydroxylation sites is 1. The Hall–Kier alpha value is -3.61. The first kappa shape index (κ1) is 17.8. The summed E-state index contributed by atoms with van der Waals surface area (Å²) in [6.07, 6.45) is 6.84. The Labute approximate surface area is 162 Å². The average Bonchev–Trinajstić information content (AvgIpc) is 3.01. The van der Waals surface area contributed by atoms with E-state index in [2.05, 4.69) is 33.2 Å². The Balaban J connectivity index is 1.46. The van der Waals surface area contributed by atoms with Gasteiger partial charge in [0.2, 0.25) is 5.91 Å². The minimum Gasteiger partial charge on any atom is -0.480 e. The van der Waals surface area contributed by atoms with E-state index in [0.717, 1.165) is 22.0 Å². The molecule has 4 rings (SSSR count). The third-order valence-electron chi connectivity index (χ3n) is 4.67. The van der Waals surface area contributed by atoms with Crippen LogP contribution >= 0.6 is 0 Å². The second-order valence-corrected chi connectivity index (χ2v) is 6.76. The normalized spacial score (nSPS) is 13.3. The Morgan fingerprint density at radius 2 is 2.21 bits per heavy atom. The largest absolute Gasteiger partial charge is 0.480 e. The fourth-order valence-electron chi connectivity index (χ4n) is 3.25. The van der Waals surface area contributed by atoms with Crippen molar-refractivity contribution in [2.45, 2.75) is 6.54 Å². The van der Waals surface area contributed by atoms with Gasteiger partial charge in [0.1, 0.15) is 0 Å². The van der Waals surface area contributed by atoms with E-state index in [1.54, 1.807) is 30.3 Å². The molecule has 0 atom stereocenters. The summed E-state index contributed by atoms with van der Waals surface area (Å²) in [6, 6.07) is 9.88. The van der Waals surface area contributed by atoms with E-state index in [0.29, 0.717) is 18.1 Å². The van der Waals surface area contributed by atoms with Gasteiger partial charge in [-0.2, -0.15) is 0 Å². The van der Waals surface area contributed by atoms with Gasteiger partial charge in [-0.25, -0.2) is 4.98 Å². The highest BCUT2D eigenvalue weighted by Gasteiger charge is 2.17. The van der Waals surface area contributed by atoms with Gasteiger partial charge in [0.05, 0.1) is 0 Å². The van der Waals surface area contributed by atoms with Crippen molar-refractivity contribution in [3.05, 3.63) is 59.9 Å². The topological polar surface area (TPSA) is 76.5 Å². The molecule has 1 aromatic carbocycles. The maximum Gasteiger partial charge on any atom is 0.263 e. The second-order valence-electron chi connectivity index (χ2n) is 6.76. The standard InChI is InChI=1S/C21H20N4O3/c1-24-11-15(16-5-3-4-6-17(16)24)12-25(2)20(27)8-7-14-9-18-21(22-10-14)23-19(26)13-28-18/h3-11H,12-13H2,1-2H3,(H,22,23,26)/b8-7+. The molecule has 0 bridgehead atoms. The van der Waals surface area contributed by atoms with Crippen molar-refractivity contribution in [3.8, 4) is 5.75 Å². The Morgan fingerprint density at radius 1 is 1.39 bits per heavy atom. The molecule has 0 fully saturated rings. The van der Waals surface area contributed by atoms with Crippen LogP contribution < -0.4 is 10.1 Å². The van der Waals surface area contributed by atoms with Gasteiger partial charge in [0, 0.05) is 50.0 Å². The molecule has 0 unspecified atom stereocenters. The van der Waals surface area contributed by atoms with Gasteiger partial charge < -0.3 is 19.5 Å². The highest BCUT2D eigenvalue weighted by Crippen LogP contribution is 2.26. The van der Waals surface area contributed by atoms with Crippen molar-refractivity contribution in [1.82, 2.24) is 14.5 Å². The third kappa shape index (κ3) is 3.46. The predicted molar refractivity (Wildman–Crippen MR) is 107 cm³/mol. The summed E-state index contributed by atoms with van der Waals surface area (Å²) in [5, 5.41) is 3.78. The molecule has 7 nitrogen and oxygen atoms in total. The van der Waals surface area contributed by atoms with Gasteiger partial charge in [0.25, 0.3) is 5.91 Å². The van der Waals surface area contributed by atoms with E-state index >= 15 is 0 Å². The van der Waals surface area contributed by atoms with Crippen LogP contribution in [0.5, 0.6) is 5.75 Å². The molecule has 0 aliphatic carbocycles. The number of anilines is 1. The number of nitrogens with one attached hydrogen (secondary N) is 1. The van der Waals surface area contributed by atoms with Gasteiger partial charge in [-0.1, -0.05) is 18.2 Å². The van der Waals surface area contributed by atoms with Crippen molar-refractivity contribution in [2.24, 2.45) is 7.05 Å². The van der Waals surface area contributed by atoms with Crippen LogP contribution in [-0.4, -0.2) is 39.9 Å². The van der Waals surface area contributed by atoms with E-state index in [4.69, 9.17) is 4.74 Å². The molecule has 1 aliphatic rings. The van der Waals surface area contributed by atoms with E-state index in [1.165, 1.54) is 6.08 Å². The number of pyridine rings is 1. The number of aryl methyl sites for hydroxylation is 1. The molecule has 1 aliphatic heterocycles. The van der Waals surface area contributed by atoms with E-state index in [9.17, 15) is 9.59 Å². The predicted octanol–water partition coefficient (Wildman–Crippen LogP) is 2.58. The number of fused-ring (bicyclic) bond motifs is 2. The lowest BCUT2D eigenvalue weighted by molar-refractivity contribution is -0.125. The summed E-state index contributed by atoms with van der Waals surface area (Å²) in [7, 11) is 3.78. The maximum atomic E-state index is 12.5. The second kappa shape index (κ2) is 7.19. The lowest BCUT2D eigenvalue weighted by atomic mass is 10.1. The number of hydrogen-bond donors (Lipinski definition) is 1. The number of amides is 2. The zero-order chi connectivity index (χ0) is 19.7. The number of hydrogen-bond acceptors (Lipinski definition) is 4. The molecule has 0 spiro atoms. The first-order chi connectivity index (χ1) is 13.5. The number of rotatable bonds is 4. The maximum absolute atomic E-state index is 12.5. The minimum absolute atomic E-state index is 0.0332. The zero-order valence-electron chi connectivity index (χ0n) is 15.7. The Bertz CT molecular complexity index is 1100. The summed E-state index contributed by atoms with van der Waals surface area (Å²) in [6.45, 7) is 0.483. The fraction of sp³-hybridized carbons (Fsp3) is 0.190. The van der Waals surface area contributed by atoms with Crippen LogP contribution in [0.2, 0.25) is 0 Å². The van der Waals surface area contributed by atoms with Crippen LogP contribution in [0.15, 0.2) is 48.8 Å². The molecule has 1 N–H and O–H groups in total. The van der Waals surface area contributed by atoms with Gasteiger partial charge >= 0.3 is 0 Å². The highest BCUT2D eigenvalue weighted by atomic mass is 16.5. The SMILES string of the molecule is CN(Cc1cn(C)c2ccccc12)C(=O)/C=C/c1cnc2c(c1)OCC(=O)N2. The molecule has 3 aromatic rings. The number of benzene rings is 1. The molecule has 0 saturated heterocycles. The lowest BCUT2D eigenvalue weighted by Crippen LogP contribution is -2.26. The molecule has 0 radical (unpaired) electrons. The van der Waals surface area contributed by atoms with E-state index < -0.39 is 0 Å². The van der Waals surface area contributed by atoms with Gasteiger partial charge in [0.15, 0.2) is 18.2 Å². The van der Waals surface area contributed by atoms with Gasteiger partial charge in [-0.15, -0.1) is 0 Å². The summed E-state index contributed by atoms with van der Waals surface area (Å²) < 4.78 is 7.41. The van der Waals surface area contributed by atoms with Gasteiger partial charge in [-0.05, 0) is 29.3 Å². The molecule has 142 valence electrons. The molecule has 0 saturated carbocycles. The zero-order valence-corrected chi connectivity index (χ0v) is 15.7. The first-order valence-electron chi connectivity index (χ1n) is 8.90. The molecule has 28 heavy (non-hydrogen) atoms. The van der Waals surface area contributed by atoms with Crippen LogP contribution in [0.3, 0.4) is 0 Å². The number of nitrogens with zero attached hydrogens (tertiary/aromatic N) is 3. The summed E-state index contributed by atoms with van der Waals surface area (Å²) in [5.41, 5.74) is 2.96. The molecule has 2 aromatic heterocycles. The first-order valence-corrected chi connectivity index (χ1v) is 8.90. The number of aromatic nitrogens is 2. The van der Waals surface area contributed by atoms with Crippen molar-refractivity contribution < 1.29 is 14.3 Å². The number of ether oxygens (including phenoxy) is 1. The highest BCUT2D eigenvalue weighted by molar-refractivity contribution is 5.95. The van der Waals surface area contributed by atoms with E-state index in [1.807, 2.05) is 19.2 Å². The lowest BCUT2D eigenvalue weighted by Gasteiger charge is -2.17. The molecule has 2 amide bonds. The smallest absolute Gasteiger partial charge is 0.263 e. The van der Waals surface area contributed by atoms with Crippen LogP contribution in [0.25, 0.3) is 17.0 Å². The summed E-state index contributed by atoms with van der Waals surface area (Å²) in [4.78, 5) is 29.6. The Morgan fingerprint density at radius 3 is 3.07 bits per heavy atom. The summed E-state index contributed by atoms with van der Waals surface area (Å²) >= 11 is 0. The fourth-order valence-corrected chi connectivity index (χ4v) is 3.25. The van der Waals surface area contributed by atoms with Crippen molar-refractivity contribution in [2.75, 3.05) is 19.0 Å².